The van der Waals surface area contributed by atoms with Gasteiger partial charge in [-0.2, -0.15) is 13.5 Å². The highest BCUT2D eigenvalue weighted by molar-refractivity contribution is 7.85. The highest BCUT2D eigenvalue weighted by Gasteiger charge is 2.07. The third-order valence-corrected chi connectivity index (χ3v) is 3.10. The molecule has 0 fully saturated rings. The largest absolute Gasteiger partial charge is 0.373 e. The van der Waals surface area contributed by atoms with E-state index in [-0.39, 0.29) is 18.3 Å². The molecule has 110 valence electrons. The Kier molecular flexibility index (Phi) is 5.47. The number of hydrogen-bond acceptors (Lipinski definition) is 5. The second-order valence-electron chi connectivity index (χ2n) is 4.07. The minimum absolute atomic E-state index is 0.122. The molecule has 5 N–H and O–H groups in total. The Morgan fingerprint density at radius 1 is 1.35 bits per heavy atom. The number of nitrogens with zero attached hydrogens (tertiary/aromatic N) is 3. The van der Waals surface area contributed by atoms with Gasteiger partial charge in [0.1, 0.15) is 0 Å². The van der Waals surface area contributed by atoms with E-state index >= 15 is 0 Å². The van der Waals surface area contributed by atoms with E-state index in [2.05, 4.69) is 10.2 Å². The Balaban J connectivity index is 2.66. The molecule has 0 atom stereocenters. The van der Waals surface area contributed by atoms with Crippen LogP contribution in [0.2, 0.25) is 0 Å². The maximum atomic E-state index is 10.7. The number of anilines is 1. The molecule has 9 heteroatoms. The van der Waals surface area contributed by atoms with Crippen LogP contribution in [-0.4, -0.2) is 44.5 Å². The Morgan fingerprint density at radius 2 is 1.95 bits per heavy atom. The van der Waals surface area contributed by atoms with Crippen LogP contribution < -0.4 is 16.4 Å². The molecule has 1 aromatic carbocycles. The van der Waals surface area contributed by atoms with Gasteiger partial charge in [0.25, 0.3) is 10.1 Å². The summed E-state index contributed by atoms with van der Waals surface area (Å²) in [5.41, 5.74) is 11.9. The highest BCUT2D eigenvalue weighted by Crippen LogP contribution is 2.12. The molecule has 1 rings (SSSR count). The Morgan fingerprint density at radius 3 is 2.45 bits per heavy atom. The van der Waals surface area contributed by atoms with Crippen molar-refractivity contribution in [2.24, 2.45) is 21.7 Å². The second-order valence-corrected chi connectivity index (χ2v) is 5.64. The number of benzene rings is 1. The lowest BCUT2D eigenvalue weighted by atomic mass is 10.2. The quantitative estimate of drug-likeness (QED) is 0.283. The lowest BCUT2D eigenvalue weighted by Crippen LogP contribution is -2.24. The van der Waals surface area contributed by atoms with Gasteiger partial charge in [-0.05, 0) is 17.7 Å². The second kappa shape index (κ2) is 6.87. The number of rotatable bonds is 6. The molecule has 0 aromatic heterocycles. The van der Waals surface area contributed by atoms with Crippen LogP contribution in [0.1, 0.15) is 5.56 Å². The van der Waals surface area contributed by atoms with Gasteiger partial charge in [-0.25, -0.2) is 0 Å². The fourth-order valence-corrected chi connectivity index (χ4v) is 1.86. The first kappa shape index (κ1) is 15.9. The predicted octanol–water partition coefficient (Wildman–Crippen LogP) is -0.382. The molecule has 0 aliphatic carbocycles. The molecule has 0 radical (unpaired) electrons. The number of guanidine groups is 1. The number of hydrogen-bond donors (Lipinski definition) is 3. The fraction of sp³-hybridized carbons (Fsp3) is 0.273. The molecule has 0 saturated carbocycles. The van der Waals surface area contributed by atoms with Crippen molar-refractivity contribution in [2.45, 2.75) is 0 Å². The van der Waals surface area contributed by atoms with Crippen LogP contribution in [0.25, 0.3) is 0 Å². The SMILES string of the molecule is CN(CCS(=O)(=O)O)c1ccc(C=NN=C(N)N)cc1. The van der Waals surface area contributed by atoms with Crippen LogP contribution in [0, 0.1) is 0 Å². The molecule has 0 unspecified atom stereocenters. The molecule has 0 aliphatic heterocycles. The minimum atomic E-state index is -3.96. The summed E-state index contributed by atoms with van der Waals surface area (Å²) in [5.74, 6) is -0.445. The fourth-order valence-electron chi connectivity index (χ4n) is 1.36. The summed E-state index contributed by atoms with van der Waals surface area (Å²) >= 11 is 0. The van der Waals surface area contributed by atoms with Crippen molar-refractivity contribution in [2.75, 3.05) is 24.2 Å². The monoisotopic (exact) mass is 299 g/mol. The van der Waals surface area contributed by atoms with Crippen molar-refractivity contribution in [3.8, 4) is 0 Å². The summed E-state index contributed by atoms with van der Waals surface area (Å²) in [7, 11) is -2.23. The van der Waals surface area contributed by atoms with Gasteiger partial charge in [-0.3, -0.25) is 4.55 Å². The van der Waals surface area contributed by atoms with Crippen molar-refractivity contribution in [1.29, 1.82) is 0 Å². The Hall–Kier alpha value is -2.13. The van der Waals surface area contributed by atoms with E-state index in [9.17, 15) is 8.42 Å². The summed E-state index contributed by atoms with van der Waals surface area (Å²) in [6.07, 6.45) is 1.49. The van der Waals surface area contributed by atoms with Crippen molar-refractivity contribution < 1.29 is 13.0 Å². The Bertz CT molecular complexity index is 591. The zero-order valence-corrected chi connectivity index (χ0v) is 11.8. The number of nitrogens with two attached hydrogens (primary N) is 2. The first-order valence-electron chi connectivity index (χ1n) is 5.66. The first-order chi connectivity index (χ1) is 9.28. The first-order valence-corrected chi connectivity index (χ1v) is 7.27. The molecular weight excluding hydrogens is 282 g/mol. The predicted molar refractivity (Wildman–Crippen MR) is 79.5 cm³/mol. The van der Waals surface area contributed by atoms with Gasteiger partial charge < -0.3 is 16.4 Å². The van der Waals surface area contributed by atoms with E-state index in [4.69, 9.17) is 16.0 Å². The molecule has 0 spiro atoms. The van der Waals surface area contributed by atoms with Crippen LogP contribution in [0.15, 0.2) is 34.5 Å². The highest BCUT2D eigenvalue weighted by atomic mass is 32.2. The van der Waals surface area contributed by atoms with Crippen molar-refractivity contribution in [3.05, 3.63) is 29.8 Å². The van der Waals surface area contributed by atoms with Crippen LogP contribution >= 0.6 is 0 Å². The van der Waals surface area contributed by atoms with Crippen molar-refractivity contribution in [3.63, 3.8) is 0 Å². The molecular formula is C11H17N5O3S. The van der Waals surface area contributed by atoms with Gasteiger partial charge in [-0.15, -0.1) is 5.10 Å². The summed E-state index contributed by atoms with van der Waals surface area (Å²) in [5, 5.41) is 7.14. The molecule has 1 aromatic rings. The average Bonchev–Trinajstić information content (AvgIpc) is 2.35. The molecule has 8 nitrogen and oxygen atoms in total. The van der Waals surface area contributed by atoms with Gasteiger partial charge in [0.15, 0.2) is 0 Å². The normalized spacial score (nSPS) is 11.5. The van der Waals surface area contributed by atoms with Crippen LogP contribution in [-0.2, 0) is 10.1 Å². The van der Waals surface area contributed by atoms with E-state index < -0.39 is 10.1 Å². The van der Waals surface area contributed by atoms with Gasteiger partial charge in [-0.1, -0.05) is 12.1 Å². The van der Waals surface area contributed by atoms with E-state index in [0.717, 1.165) is 11.3 Å². The van der Waals surface area contributed by atoms with Gasteiger partial charge in [0.05, 0.1) is 12.0 Å². The average molecular weight is 299 g/mol. The molecule has 0 aliphatic rings. The molecule has 0 heterocycles. The minimum Gasteiger partial charge on any atom is -0.373 e. The zero-order valence-electron chi connectivity index (χ0n) is 11.0. The molecule has 0 bridgehead atoms. The van der Waals surface area contributed by atoms with Crippen LogP contribution in [0.4, 0.5) is 5.69 Å². The summed E-state index contributed by atoms with van der Waals surface area (Å²) < 4.78 is 30.0. The summed E-state index contributed by atoms with van der Waals surface area (Å²) in [6, 6.07) is 7.15. The maximum absolute atomic E-state index is 10.7. The summed E-state index contributed by atoms with van der Waals surface area (Å²) in [4.78, 5) is 1.71. The molecule has 0 saturated heterocycles. The van der Waals surface area contributed by atoms with E-state index in [1.54, 1.807) is 36.2 Å². The van der Waals surface area contributed by atoms with E-state index in [1.807, 2.05) is 0 Å². The Labute approximate surface area is 117 Å². The van der Waals surface area contributed by atoms with Gasteiger partial charge in [0, 0.05) is 19.3 Å². The third kappa shape index (κ3) is 6.16. The standard InChI is InChI=1S/C11H17N5O3S/c1-16(6-7-20(17,18)19)10-4-2-9(3-5-10)8-14-15-11(12)13/h2-5,8H,6-7H2,1H3,(H4,12,13,15)(H,17,18,19). The van der Waals surface area contributed by atoms with E-state index in [1.165, 1.54) is 6.21 Å². The van der Waals surface area contributed by atoms with E-state index in [0.29, 0.717) is 0 Å². The molecule has 0 amide bonds. The topological polar surface area (TPSA) is 134 Å². The zero-order chi connectivity index (χ0) is 15.2. The van der Waals surface area contributed by atoms with Gasteiger partial charge >= 0.3 is 0 Å². The van der Waals surface area contributed by atoms with Crippen molar-refractivity contribution in [1.82, 2.24) is 0 Å². The lowest BCUT2D eigenvalue weighted by molar-refractivity contribution is 0.483. The summed E-state index contributed by atoms with van der Waals surface area (Å²) in [6.45, 7) is 0.195. The third-order valence-electron chi connectivity index (χ3n) is 2.40. The van der Waals surface area contributed by atoms with Crippen LogP contribution in [0.5, 0.6) is 0 Å². The smallest absolute Gasteiger partial charge is 0.266 e. The van der Waals surface area contributed by atoms with Gasteiger partial charge in [0.2, 0.25) is 5.96 Å². The van der Waals surface area contributed by atoms with Crippen LogP contribution in [0.3, 0.4) is 0 Å². The molecule has 20 heavy (non-hydrogen) atoms. The maximum Gasteiger partial charge on any atom is 0.266 e. The lowest BCUT2D eigenvalue weighted by Gasteiger charge is -2.18. The van der Waals surface area contributed by atoms with Crippen molar-refractivity contribution >= 4 is 28.0 Å².